The number of hydrogen-bond acceptors (Lipinski definition) is 5. The van der Waals surface area contributed by atoms with Gasteiger partial charge in [0.25, 0.3) is 0 Å². The van der Waals surface area contributed by atoms with E-state index in [1.165, 1.54) is 21.8 Å². The van der Waals surface area contributed by atoms with Crippen LogP contribution in [0.25, 0.3) is 0 Å². The van der Waals surface area contributed by atoms with Crippen LogP contribution in [0.5, 0.6) is 0 Å². The number of thiazole rings is 1. The molecule has 1 N–H and O–H groups in total. The van der Waals surface area contributed by atoms with Gasteiger partial charge in [-0.15, -0.1) is 11.3 Å². The Kier molecular flexibility index (Phi) is 5.52. The number of imide groups is 1. The van der Waals surface area contributed by atoms with E-state index < -0.39 is 0 Å². The summed E-state index contributed by atoms with van der Waals surface area (Å²) in [5.74, 6) is -0.743. The van der Waals surface area contributed by atoms with Crippen LogP contribution in [0.1, 0.15) is 42.5 Å². The maximum Gasteiger partial charge on any atom is 0.233 e. The minimum atomic E-state index is -0.226. The summed E-state index contributed by atoms with van der Waals surface area (Å²) >= 11 is 1.44. The van der Waals surface area contributed by atoms with Crippen LogP contribution in [0.3, 0.4) is 0 Å². The molecule has 2 fully saturated rings. The number of carbonyl (C=O) groups excluding carboxylic acids is 3. The largest absolute Gasteiger partial charge is 0.302 e. The van der Waals surface area contributed by atoms with Crippen molar-refractivity contribution in [3.63, 3.8) is 0 Å². The second kappa shape index (κ2) is 8.22. The van der Waals surface area contributed by atoms with Crippen LogP contribution >= 0.6 is 11.3 Å². The molecule has 2 aromatic rings. The molecule has 1 saturated carbocycles. The fourth-order valence-electron chi connectivity index (χ4n) is 4.09. The van der Waals surface area contributed by atoms with Crippen LogP contribution in [-0.2, 0) is 20.8 Å². The second-order valence-electron chi connectivity index (χ2n) is 7.42. The molecular weight excluding hydrogens is 374 g/mol. The average molecular weight is 398 g/mol. The zero-order chi connectivity index (χ0) is 19.5. The molecule has 2 heterocycles. The van der Waals surface area contributed by atoms with Gasteiger partial charge in [-0.2, -0.15) is 0 Å². The number of anilines is 1. The number of nitrogens with zero attached hydrogens (tertiary/aromatic N) is 2. The van der Waals surface area contributed by atoms with Crippen molar-refractivity contribution >= 4 is 34.2 Å². The smallest absolute Gasteiger partial charge is 0.233 e. The van der Waals surface area contributed by atoms with E-state index in [9.17, 15) is 14.4 Å². The monoisotopic (exact) mass is 397 g/mol. The quantitative estimate of drug-likeness (QED) is 0.759. The third kappa shape index (κ3) is 3.99. The van der Waals surface area contributed by atoms with Gasteiger partial charge in [-0.1, -0.05) is 43.2 Å². The number of hydrogen-bond donors (Lipinski definition) is 1. The van der Waals surface area contributed by atoms with Crippen molar-refractivity contribution in [2.24, 2.45) is 11.8 Å². The fourth-order valence-corrected chi connectivity index (χ4v) is 4.95. The summed E-state index contributed by atoms with van der Waals surface area (Å²) in [6.07, 6.45) is 6.24. The van der Waals surface area contributed by atoms with Crippen LogP contribution in [0.4, 0.5) is 5.13 Å². The van der Waals surface area contributed by atoms with Crippen molar-refractivity contribution in [2.45, 2.75) is 38.5 Å². The molecule has 1 aliphatic carbocycles. The number of likely N-dealkylation sites (tertiary alicyclic amines) is 1. The second-order valence-corrected chi connectivity index (χ2v) is 8.53. The van der Waals surface area contributed by atoms with E-state index in [1.54, 1.807) is 6.20 Å². The molecule has 4 rings (SSSR count). The van der Waals surface area contributed by atoms with Crippen molar-refractivity contribution in [1.29, 1.82) is 0 Å². The van der Waals surface area contributed by atoms with Crippen molar-refractivity contribution < 1.29 is 14.4 Å². The van der Waals surface area contributed by atoms with Crippen molar-refractivity contribution in [3.05, 3.63) is 47.0 Å². The number of fused-ring (bicyclic) bond motifs is 1. The van der Waals surface area contributed by atoms with Gasteiger partial charge in [0.15, 0.2) is 5.13 Å². The number of carbonyl (C=O) groups is 3. The molecule has 3 amide bonds. The SMILES string of the molecule is O=C(CCN1C(=O)[C@H]2CCCC[C@H]2C1=O)Nc1ncc(Cc2ccccc2)s1. The molecule has 28 heavy (non-hydrogen) atoms. The summed E-state index contributed by atoms with van der Waals surface area (Å²) in [6, 6.07) is 10.1. The Hall–Kier alpha value is -2.54. The van der Waals surface area contributed by atoms with Crippen LogP contribution in [0.2, 0.25) is 0 Å². The Morgan fingerprint density at radius 2 is 1.79 bits per heavy atom. The lowest BCUT2D eigenvalue weighted by molar-refractivity contribution is -0.140. The lowest BCUT2D eigenvalue weighted by atomic mass is 9.81. The first-order valence-corrected chi connectivity index (χ1v) is 10.6. The van der Waals surface area contributed by atoms with E-state index in [1.807, 2.05) is 18.2 Å². The summed E-state index contributed by atoms with van der Waals surface area (Å²) in [5.41, 5.74) is 1.19. The molecule has 2 atom stereocenters. The summed E-state index contributed by atoms with van der Waals surface area (Å²) in [7, 11) is 0. The molecule has 0 spiro atoms. The van der Waals surface area contributed by atoms with Crippen molar-refractivity contribution in [3.8, 4) is 0 Å². The first-order chi connectivity index (χ1) is 13.6. The van der Waals surface area contributed by atoms with Crippen molar-refractivity contribution in [1.82, 2.24) is 9.88 Å². The summed E-state index contributed by atoms with van der Waals surface area (Å²) < 4.78 is 0. The minimum absolute atomic E-state index is 0.0955. The molecule has 6 nitrogen and oxygen atoms in total. The molecule has 0 unspecified atom stereocenters. The topological polar surface area (TPSA) is 79.4 Å². The number of amides is 3. The molecule has 2 aliphatic rings. The first kappa shape index (κ1) is 18.8. The Balaban J connectivity index is 1.29. The van der Waals surface area contributed by atoms with E-state index >= 15 is 0 Å². The molecule has 1 aliphatic heterocycles. The van der Waals surface area contributed by atoms with Gasteiger partial charge >= 0.3 is 0 Å². The molecule has 1 aromatic carbocycles. The fraction of sp³-hybridized carbons (Fsp3) is 0.429. The van der Waals surface area contributed by atoms with Gasteiger partial charge in [-0.3, -0.25) is 19.3 Å². The maximum absolute atomic E-state index is 12.5. The van der Waals surface area contributed by atoms with Gasteiger partial charge in [0.2, 0.25) is 17.7 Å². The number of rotatable bonds is 6. The lowest BCUT2D eigenvalue weighted by Crippen LogP contribution is -2.34. The Morgan fingerprint density at radius 3 is 2.46 bits per heavy atom. The van der Waals surface area contributed by atoms with Gasteiger partial charge in [-0.05, 0) is 18.4 Å². The molecule has 7 heteroatoms. The van der Waals surface area contributed by atoms with E-state index in [0.717, 1.165) is 37.0 Å². The van der Waals surface area contributed by atoms with Crippen LogP contribution in [0.15, 0.2) is 36.5 Å². The van der Waals surface area contributed by atoms with Gasteiger partial charge in [0, 0.05) is 30.5 Å². The predicted molar refractivity (Wildman–Crippen MR) is 107 cm³/mol. The van der Waals surface area contributed by atoms with Gasteiger partial charge < -0.3 is 5.32 Å². The van der Waals surface area contributed by atoms with E-state index in [-0.39, 0.29) is 42.5 Å². The number of benzene rings is 1. The molecule has 1 aromatic heterocycles. The van der Waals surface area contributed by atoms with Crippen LogP contribution < -0.4 is 5.32 Å². The summed E-state index contributed by atoms with van der Waals surface area (Å²) in [6.45, 7) is 0.152. The number of aromatic nitrogens is 1. The van der Waals surface area contributed by atoms with Crippen LogP contribution in [0, 0.1) is 11.8 Å². The Bertz CT molecular complexity index is 856. The first-order valence-electron chi connectivity index (χ1n) is 9.75. The van der Waals surface area contributed by atoms with E-state index in [0.29, 0.717) is 5.13 Å². The molecule has 1 saturated heterocycles. The Morgan fingerprint density at radius 1 is 1.11 bits per heavy atom. The molecule has 0 radical (unpaired) electrons. The molecular formula is C21H23N3O3S. The Labute approximate surface area is 168 Å². The normalized spacial score (nSPS) is 21.6. The molecule has 146 valence electrons. The van der Waals surface area contributed by atoms with E-state index in [2.05, 4.69) is 22.4 Å². The predicted octanol–water partition coefficient (Wildman–Crippen LogP) is 3.24. The van der Waals surface area contributed by atoms with Crippen molar-refractivity contribution in [2.75, 3.05) is 11.9 Å². The van der Waals surface area contributed by atoms with Crippen LogP contribution in [-0.4, -0.2) is 34.2 Å². The average Bonchev–Trinajstić information content (AvgIpc) is 3.24. The zero-order valence-corrected chi connectivity index (χ0v) is 16.4. The highest BCUT2D eigenvalue weighted by molar-refractivity contribution is 7.15. The third-order valence-corrected chi connectivity index (χ3v) is 6.43. The maximum atomic E-state index is 12.5. The highest BCUT2D eigenvalue weighted by Gasteiger charge is 2.47. The van der Waals surface area contributed by atoms with E-state index in [4.69, 9.17) is 0 Å². The molecule has 0 bridgehead atoms. The zero-order valence-electron chi connectivity index (χ0n) is 15.6. The van der Waals surface area contributed by atoms with Gasteiger partial charge in [0.1, 0.15) is 0 Å². The summed E-state index contributed by atoms with van der Waals surface area (Å²) in [4.78, 5) is 43.8. The minimum Gasteiger partial charge on any atom is -0.302 e. The van der Waals surface area contributed by atoms with Gasteiger partial charge in [0.05, 0.1) is 11.8 Å². The summed E-state index contributed by atoms with van der Waals surface area (Å²) in [5, 5.41) is 3.33. The standard InChI is InChI=1S/C21H23N3O3S/c25-18(10-11-24-19(26)16-8-4-5-9-17(16)20(24)27)23-21-22-13-15(28-21)12-14-6-2-1-3-7-14/h1-3,6-7,13,16-17H,4-5,8-12H2,(H,22,23,25)/t16-,17+. The van der Waals surface area contributed by atoms with Gasteiger partial charge in [-0.25, -0.2) is 4.98 Å². The third-order valence-electron chi connectivity index (χ3n) is 5.52. The highest BCUT2D eigenvalue weighted by Crippen LogP contribution is 2.38. The number of nitrogens with one attached hydrogen (secondary N) is 1. The lowest BCUT2D eigenvalue weighted by Gasteiger charge is -2.19. The highest BCUT2D eigenvalue weighted by atomic mass is 32.1.